The first-order valence-electron chi connectivity index (χ1n) is 5.99. The van der Waals surface area contributed by atoms with E-state index in [1.54, 1.807) is 4.90 Å². The lowest BCUT2D eigenvalue weighted by atomic mass is 10.1. The lowest BCUT2D eigenvalue weighted by Gasteiger charge is -2.10. The smallest absolute Gasteiger partial charge is 0.231 e. The number of hydrogen-bond acceptors (Lipinski definition) is 1. The minimum absolute atomic E-state index is 0.175. The molecule has 1 aliphatic heterocycles. The molecule has 0 aliphatic carbocycles. The zero-order chi connectivity index (χ0) is 12.6. The summed E-state index contributed by atoms with van der Waals surface area (Å²) in [6.07, 6.45) is 9.63. The van der Waals surface area contributed by atoms with Crippen molar-refractivity contribution >= 4 is 5.91 Å². The van der Waals surface area contributed by atoms with E-state index in [1.165, 1.54) is 0 Å². The molecule has 0 radical (unpaired) electrons. The third-order valence-corrected chi connectivity index (χ3v) is 2.29. The van der Waals surface area contributed by atoms with Crippen LogP contribution in [-0.4, -0.2) is 17.9 Å². The third kappa shape index (κ3) is 3.69. The Hall–Kier alpha value is -1.31. The topological polar surface area (TPSA) is 20.3 Å². The molecule has 0 spiro atoms. The number of nitrogens with zero attached hydrogens (tertiary/aromatic N) is 1. The highest BCUT2D eigenvalue weighted by Crippen LogP contribution is 2.24. The fraction of sp³-hybridized carbons (Fsp3) is 0.500. The summed E-state index contributed by atoms with van der Waals surface area (Å²) in [5, 5.41) is 0. The van der Waals surface area contributed by atoms with Gasteiger partial charge in [0.05, 0.1) is 6.42 Å². The maximum atomic E-state index is 11.4. The summed E-state index contributed by atoms with van der Waals surface area (Å²) >= 11 is 0. The highest BCUT2D eigenvalue weighted by Gasteiger charge is 2.23. The Morgan fingerprint density at radius 1 is 1.31 bits per heavy atom. The molecular formula is C14H23NO. The molecule has 0 aromatic carbocycles. The highest BCUT2D eigenvalue weighted by atomic mass is 16.2. The molecule has 0 fully saturated rings. The Morgan fingerprint density at radius 3 is 2.44 bits per heavy atom. The summed E-state index contributed by atoms with van der Waals surface area (Å²) in [4.78, 5) is 13.2. The first-order valence-corrected chi connectivity index (χ1v) is 5.99. The van der Waals surface area contributed by atoms with Crippen molar-refractivity contribution in [3.63, 3.8) is 0 Å². The van der Waals surface area contributed by atoms with Crippen molar-refractivity contribution in [2.45, 2.75) is 40.5 Å². The van der Waals surface area contributed by atoms with E-state index in [0.29, 0.717) is 6.42 Å². The Morgan fingerprint density at radius 2 is 1.94 bits per heavy atom. The van der Waals surface area contributed by atoms with Gasteiger partial charge >= 0.3 is 0 Å². The average Bonchev–Trinajstić information content (AvgIpc) is 2.57. The molecule has 0 unspecified atom stereocenters. The number of carbonyl (C=O) groups excluding carboxylic acids is 1. The maximum Gasteiger partial charge on any atom is 0.231 e. The first-order chi connectivity index (χ1) is 7.70. The molecule has 0 N–H and O–H groups in total. The van der Waals surface area contributed by atoms with E-state index >= 15 is 0 Å². The van der Waals surface area contributed by atoms with Gasteiger partial charge in [0, 0.05) is 12.7 Å². The summed E-state index contributed by atoms with van der Waals surface area (Å²) < 4.78 is 0. The second-order valence-electron chi connectivity index (χ2n) is 3.35. The van der Waals surface area contributed by atoms with Crippen LogP contribution in [0.15, 0.2) is 35.6 Å². The highest BCUT2D eigenvalue weighted by molar-refractivity contribution is 5.85. The SMILES string of the molecule is C/C=C\C1=C(/C=C\CC)CC(=O)N1C.CC. The summed E-state index contributed by atoms with van der Waals surface area (Å²) in [5.41, 5.74) is 2.15. The Bertz CT molecular complexity index is 311. The van der Waals surface area contributed by atoms with Crippen LogP contribution in [-0.2, 0) is 4.79 Å². The van der Waals surface area contributed by atoms with E-state index in [-0.39, 0.29) is 5.91 Å². The molecule has 0 aromatic heterocycles. The van der Waals surface area contributed by atoms with Gasteiger partial charge in [-0.25, -0.2) is 0 Å². The lowest BCUT2D eigenvalue weighted by molar-refractivity contribution is -0.125. The Kier molecular flexibility index (Phi) is 7.27. The second kappa shape index (κ2) is 7.91. The van der Waals surface area contributed by atoms with E-state index in [0.717, 1.165) is 17.7 Å². The van der Waals surface area contributed by atoms with Gasteiger partial charge in [0.1, 0.15) is 0 Å². The summed E-state index contributed by atoms with van der Waals surface area (Å²) in [6, 6.07) is 0. The third-order valence-electron chi connectivity index (χ3n) is 2.29. The van der Waals surface area contributed by atoms with Crippen LogP contribution < -0.4 is 0 Å². The minimum atomic E-state index is 0.175. The molecule has 1 amide bonds. The monoisotopic (exact) mass is 221 g/mol. The standard InChI is InChI=1S/C12H17NO.C2H6/c1-4-6-8-10-9-12(14)13(3)11(10)7-5-2;1-2/h5-8H,4,9H2,1-3H3;1-2H3/b7-5-,8-6-;. The molecule has 16 heavy (non-hydrogen) atoms. The van der Waals surface area contributed by atoms with Gasteiger partial charge in [-0.15, -0.1) is 0 Å². The normalized spacial score (nSPS) is 16.3. The van der Waals surface area contributed by atoms with E-state index in [9.17, 15) is 4.79 Å². The fourth-order valence-electron chi connectivity index (χ4n) is 1.50. The summed E-state index contributed by atoms with van der Waals surface area (Å²) in [7, 11) is 1.82. The quantitative estimate of drug-likeness (QED) is 0.712. The van der Waals surface area contributed by atoms with Crippen molar-refractivity contribution in [2.75, 3.05) is 7.05 Å². The van der Waals surface area contributed by atoms with Gasteiger partial charge in [0.2, 0.25) is 5.91 Å². The van der Waals surface area contributed by atoms with Gasteiger partial charge in [0.15, 0.2) is 0 Å². The zero-order valence-electron chi connectivity index (χ0n) is 11.1. The van der Waals surface area contributed by atoms with Crippen LogP contribution in [0, 0.1) is 0 Å². The van der Waals surface area contributed by atoms with Crippen molar-refractivity contribution in [1.82, 2.24) is 4.90 Å². The molecule has 0 bridgehead atoms. The van der Waals surface area contributed by atoms with E-state index < -0.39 is 0 Å². The van der Waals surface area contributed by atoms with Crippen molar-refractivity contribution in [1.29, 1.82) is 0 Å². The van der Waals surface area contributed by atoms with Crippen LogP contribution in [0.5, 0.6) is 0 Å². The van der Waals surface area contributed by atoms with E-state index in [1.807, 2.05) is 40.0 Å². The molecule has 0 atom stereocenters. The van der Waals surface area contributed by atoms with Crippen molar-refractivity contribution in [3.05, 3.63) is 35.6 Å². The number of rotatable bonds is 3. The molecule has 2 heteroatoms. The molecule has 1 aliphatic rings. The molecule has 0 saturated carbocycles. The van der Waals surface area contributed by atoms with Crippen LogP contribution in [0.25, 0.3) is 0 Å². The molecule has 0 saturated heterocycles. The molecule has 2 nitrogen and oxygen atoms in total. The number of amides is 1. The van der Waals surface area contributed by atoms with Crippen LogP contribution in [0.3, 0.4) is 0 Å². The number of hydrogen-bond donors (Lipinski definition) is 0. The summed E-state index contributed by atoms with van der Waals surface area (Å²) in [5.74, 6) is 0.175. The van der Waals surface area contributed by atoms with Gasteiger partial charge < -0.3 is 4.90 Å². The molecule has 1 heterocycles. The van der Waals surface area contributed by atoms with Gasteiger partial charge in [-0.05, 0) is 25.0 Å². The van der Waals surface area contributed by atoms with Crippen LogP contribution in [0.4, 0.5) is 0 Å². The predicted octanol–water partition coefficient (Wildman–Crippen LogP) is 3.67. The lowest BCUT2D eigenvalue weighted by Crippen LogP contribution is -2.18. The van der Waals surface area contributed by atoms with Gasteiger partial charge in [0.25, 0.3) is 0 Å². The summed E-state index contributed by atoms with van der Waals surface area (Å²) in [6.45, 7) is 8.05. The van der Waals surface area contributed by atoms with E-state index in [2.05, 4.69) is 19.1 Å². The van der Waals surface area contributed by atoms with Crippen LogP contribution in [0.2, 0.25) is 0 Å². The average molecular weight is 221 g/mol. The Labute approximate surface area is 99.3 Å². The number of carbonyl (C=O) groups is 1. The van der Waals surface area contributed by atoms with Crippen molar-refractivity contribution < 1.29 is 4.79 Å². The van der Waals surface area contributed by atoms with Crippen molar-refractivity contribution in [3.8, 4) is 0 Å². The van der Waals surface area contributed by atoms with Crippen LogP contribution in [0.1, 0.15) is 40.5 Å². The molecule has 0 aromatic rings. The van der Waals surface area contributed by atoms with Gasteiger partial charge in [-0.1, -0.05) is 39.0 Å². The molecular weight excluding hydrogens is 198 g/mol. The first kappa shape index (κ1) is 14.7. The molecule has 90 valence electrons. The van der Waals surface area contributed by atoms with Gasteiger partial charge in [-0.3, -0.25) is 4.79 Å². The largest absolute Gasteiger partial charge is 0.315 e. The molecule has 1 rings (SSSR count). The van der Waals surface area contributed by atoms with Crippen LogP contribution >= 0.6 is 0 Å². The minimum Gasteiger partial charge on any atom is -0.315 e. The maximum absolute atomic E-state index is 11.4. The fourth-order valence-corrected chi connectivity index (χ4v) is 1.50. The number of allylic oxidation sites excluding steroid dienone is 4. The predicted molar refractivity (Wildman–Crippen MR) is 70.0 cm³/mol. The zero-order valence-corrected chi connectivity index (χ0v) is 11.1. The van der Waals surface area contributed by atoms with Gasteiger partial charge in [-0.2, -0.15) is 0 Å². The Balaban J connectivity index is 0.00000106. The van der Waals surface area contributed by atoms with E-state index in [4.69, 9.17) is 0 Å². The van der Waals surface area contributed by atoms with Crippen molar-refractivity contribution in [2.24, 2.45) is 0 Å². The second-order valence-corrected chi connectivity index (χ2v) is 3.35. The number of likely N-dealkylation sites (N-methyl/N-ethyl adjacent to an activating group) is 1.